The molecule has 1 aromatic carbocycles. The van der Waals surface area contributed by atoms with Gasteiger partial charge < -0.3 is 5.11 Å². The third-order valence-corrected chi connectivity index (χ3v) is 1.89. The zero-order valence-corrected chi connectivity index (χ0v) is 6.96. The zero-order chi connectivity index (χ0) is 8.27. The highest BCUT2D eigenvalue weighted by Crippen LogP contribution is 2.12. The van der Waals surface area contributed by atoms with Gasteiger partial charge in [-0.1, -0.05) is 25.1 Å². The standard InChI is InChI=1S/C10H13O/c1-3-9-5-4-8(2)10(6-9)7-11/h4-7,11H,3H2,1-2H3. The Balaban J connectivity index is 3.02. The lowest BCUT2D eigenvalue weighted by Crippen LogP contribution is -1.88. The van der Waals surface area contributed by atoms with Gasteiger partial charge in [-0.15, -0.1) is 0 Å². The lowest BCUT2D eigenvalue weighted by atomic mass is 10.0. The van der Waals surface area contributed by atoms with E-state index in [-0.39, 0.29) is 0 Å². The summed E-state index contributed by atoms with van der Waals surface area (Å²) in [6.45, 7) is 5.25. The van der Waals surface area contributed by atoms with Crippen LogP contribution >= 0.6 is 0 Å². The van der Waals surface area contributed by atoms with E-state index in [1.165, 1.54) is 5.56 Å². The number of hydrogen-bond donors (Lipinski definition) is 1. The van der Waals surface area contributed by atoms with Gasteiger partial charge in [0.25, 0.3) is 0 Å². The number of rotatable bonds is 2. The van der Waals surface area contributed by atoms with Crippen molar-refractivity contribution >= 4 is 0 Å². The Hall–Kier alpha value is -0.820. The Labute approximate surface area is 67.7 Å². The summed E-state index contributed by atoms with van der Waals surface area (Å²) < 4.78 is 0. The summed E-state index contributed by atoms with van der Waals surface area (Å²) in [7, 11) is 0. The van der Waals surface area contributed by atoms with Gasteiger partial charge >= 0.3 is 0 Å². The van der Waals surface area contributed by atoms with E-state index in [0.717, 1.165) is 24.2 Å². The van der Waals surface area contributed by atoms with Crippen molar-refractivity contribution in [2.75, 3.05) is 0 Å². The molecular formula is C10H13O. The quantitative estimate of drug-likeness (QED) is 0.684. The van der Waals surface area contributed by atoms with Crippen molar-refractivity contribution < 1.29 is 5.11 Å². The molecule has 59 valence electrons. The van der Waals surface area contributed by atoms with E-state index in [4.69, 9.17) is 5.11 Å². The van der Waals surface area contributed by atoms with Gasteiger partial charge in [0.15, 0.2) is 0 Å². The van der Waals surface area contributed by atoms with E-state index in [9.17, 15) is 0 Å². The first-order chi connectivity index (χ1) is 5.27. The maximum absolute atomic E-state index is 8.81. The summed E-state index contributed by atoms with van der Waals surface area (Å²) >= 11 is 0. The molecular weight excluding hydrogens is 136 g/mol. The van der Waals surface area contributed by atoms with E-state index < -0.39 is 0 Å². The Bertz CT molecular complexity index is 241. The molecule has 0 amide bonds. The molecule has 0 saturated heterocycles. The summed E-state index contributed by atoms with van der Waals surface area (Å²) in [6.07, 6.45) is 1.02. The van der Waals surface area contributed by atoms with Crippen LogP contribution in [0.3, 0.4) is 0 Å². The highest BCUT2D eigenvalue weighted by Gasteiger charge is 1.97. The van der Waals surface area contributed by atoms with Crippen molar-refractivity contribution in [1.29, 1.82) is 0 Å². The highest BCUT2D eigenvalue weighted by atomic mass is 16.3. The maximum Gasteiger partial charge on any atom is 0.109 e. The third-order valence-electron chi connectivity index (χ3n) is 1.89. The Kier molecular flexibility index (Phi) is 2.66. The van der Waals surface area contributed by atoms with E-state index in [2.05, 4.69) is 13.0 Å². The second kappa shape index (κ2) is 3.54. The van der Waals surface area contributed by atoms with Gasteiger partial charge in [-0.2, -0.15) is 0 Å². The molecule has 0 saturated carbocycles. The molecule has 11 heavy (non-hydrogen) atoms. The van der Waals surface area contributed by atoms with Gasteiger partial charge in [-0.3, -0.25) is 0 Å². The molecule has 0 heterocycles. The van der Waals surface area contributed by atoms with Crippen molar-refractivity contribution in [2.24, 2.45) is 0 Å². The molecule has 0 aliphatic carbocycles. The van der Waals surface area contributed by atoms with Crippen LogP contribution in [0.2, 0.25) is 0 Å². The van der Waals surface area contributed by atoms with Crippen LogP contribution in [-0.2, 0) is 6.42 Å². The largest absolute Gasteiger partial charge is 0.385 e. The van der Waals surface area contributed by atoms with Gasteiger partial charge in [0.2, 0.25) is 0 Å². The molecule has 0 fully saturated rings. The predicted octanol–water partition coefficient (Wildman–Crippen LogP) is 2.44. The lowest BCUT2D eigenvalue weighted by Gasteiger charge is -2.03. The van der Waals surface area contributed by atoms with Gasteiger partial charge in [-0.05, 0) is 30.0 Å². The number of hydrogen-bond acceptors (Lipinski definition) is 1. The van der Waals surface area contributed by atoms with Crippen LogP contribution in [0.15, 0.2) is 18.2 Å². The van der Waals surface area contributed by atoms with E-state index in [1.807, 2.05) is 19.1 Å². The second-order valence-corrected chi connectivity index (χ2v) is 2.67. The molecule has 0 bridgehead atoms. The molecule has 1 nitrogen and oxygen atoms in total. The molecule has 1 heteroatoms. The van der Waals surface area contributed by atoms with E-state index in [0.29, 0.717) is 0 Å². The van der Waals surface area contributed by atoms with Crippen LogP contribution in [0.5, 0.6) is 0 Å². The maximum atomic E-state index is 8.81. The van der Waals surface area contributed by atoms with Gasteiger partial charge in [0.05, 0.1) is 0 Å². The average Bonchev–Trinajstić information content (AvgIpc) is 2.05. The Morgan fingerprint density at radius 2 is 2.18 bits per heavy atom. The number of aryl methyl sites for hydroxylation is 2. The minimum absolute atomic E-state index is 0.921. The predicted molar refractivity (Wildman–Crippen MR) is 45.9 cm³/mol. The minimum Gasteiger partial charge on any atom is -0.385 e. The number of benzene rings is 1. The molecule has 0 unspecified atom stereocenters. The van der Waals surface area contributed by atoms with Crippen molar-refractivity contribution in [1.82, 2.24) is 0 Å². The SMILES string of the molecule is CCc1ccc(C)c([CH]O)c1. The molecule has 0 aliphatic heterocycles. The van der Waals surface area contributed by atoms with E-state index in [1.54, 1.807) is 0 Å². The van der Waals surface area contributed by atoms with Gasteiger partial charge in [0.1, 0.15) is 6.61 Å². The molecule has 0 spiro atoms. The Morgan fingerprint density at radius 3 is 2.73 bits per heavy atom. The van der Waals surface area contributed by atoms with Crippen LogP contribution < -0.4 is 0 Å². The fourth-order valence-electron chi connectivity index (χ4n) is 1.05. The van der Waals surface area contributed by atoms with Crippen LogP contribution in [0.1, 0.15) is 23.6 Å². The fraction of sp³-hybridized carbons (Fsp3) is 0.300. The normalized spacial score (nSPS) is 10.1. The summed E-state index contributed by atoms with van der Waals surface area (Å²) in [5.74, 6) is 0. The van der Waals surface area contributed by atoms with Crippen molar-refractivity contribution in [3.63, 3.8) is 0 Å². The lowest BCUT2D eigenvalue weighted by molar-refractivity contribution is 0.414. The summed E-state index contributed by atoms with van der Waals surface area (Å²) in [6, 6.07) is 6.12. The first-order valence-corrected chi connectivity index (χ1v) is 3.85. The molecule has 1 N–H and O–H groups in total. The van der Waals surface area contributed by atoms with Crippen LogP contribution in [0.25, 0.3) is 0 Å². The number of aliphatic hydroxyl groups excluding tert-OH is 1. The molecule has 1 rings (SSSR count). The molecule has 0 aromatic heterocycles. The van der Waals surface area contributed by atoms with Crippen LogP contribution in [0, 0.1) is 13.5 Å². The van der Waals surface area contributed by atoms with E-state index >= 15 is 0 Å². The average molecular weight is 149 g/mol. The van der Waals surface area contributed by atoms with Crippen molar-refractivity contribution in [2.45, 2.75) is 20.3 Å². The first kappa shape index (κ1) is 8.28. The highest BCUT2D eigenvalue weighted by molar-refractivity contribution is 5.34. The summed E-state index contributed by atoms with van der Waals surface area (Å²) in [4.78, 5) is 0. The molecule has 1 radical (unpaired) electrons. The van der Waals surface area contributed by atoms with Gasteiger partial charge in [-0.25, -0.2) is 0 Å². The smallest absolute Gasteiger partial charge is 0.109 e. The molecule has 0 aliphatic rings. The first-order valence-electron chi connectivity index (χ1n) is 3.85. The number of aliphatic hydroxyl groups is 1. The second-order valence-electron chi connectivity index (χ2n) is 2.67. The zero-order valence-electron chi connectivity index (χ0n) is 6.96. The van der Waals surface area contributed by atoms with Crippen molar-refractivity contribution in [3.8, 4) is 0 Å². The monoisotopic (exact) mass is 149 g/mol. The Morgan fingerprint density at radius 1 is 1.45 bits per heavy atom. The molecule has 1 aromatic rings. The fourth-order valence-corrected chi connectivity index (χ4v) is 1.05. The third kappa shape index (κ3) is 1.81. The molecule has 0 atom stereocenters. The van der Waals surface area contributed by atoms with Crippen LogP contribution in [0.4, 0.5) is 0 Å². The van der Waals surface area contributed by atoms with Crippen LogP contribution in [-0.4, -0.2) is 5.11 Å². The van der Waals surface area contributed by atoms with Gasteiger partial charge in [0, 0.05) is 0 Å². The minimum atomic E-state index is 0.921. The summed E-state index contributed by atoms with van der Waals surface area (Å²) in [5.41, 5.74) is 3.30. The van der Waals surface area contributed by atoms with Crippen molar-refractivity contribution in [3.05, 3.63) is 41.5 Å². The topological polar surface area (TPSA) is 20.2 Å². The summed E-state index contributed by atoms with van der Waals surface area (Å²) in [5, 5.41) is 8.81.